The fraction of sp³-hybridized carbons (Fsp3) is 0.625. The molecule has 0 unspecified atom stereocenters. The van der Waals surface area contributed by atoms with E-state index in [4.69, 9.17) is 9.05 Å². The Kier molecular flexibility index (Phi) is 8.40. The summed E-state index contributed by atoms with van der Waals surface area (Å²) < 4.78 is 48.8. The average Bonchev–Trinajstić information content (AvgIpc) is 2.59. The highest BCUT2D eigenvalue weighted by Crippen LogP contribution is 2.63. The molecular formula is C16H26NO7PS. The molecule has 148 valence electrons. The number of nitro groups is 1. The van der Waals surface area contributed by atoms with Crippen LogP contribution in [0.3, 0.4) is 0 Å². The molecule has 0 saturated carbocycles. The average molecular weight is 407 g/mol. The van der Waals surface area contributed by atoms with Crippen LogP contribution in [0, 0.1) is 10.1 Å². The Bertz CT molecular complexity index is 728. The summed E-state index contributed by atoms with van der Waals surface area (Å²) in [6, 6.07) is 7.67. The lowest BCUT2D eigenvalue weighted by Gasteiger charge is -2.31. The van der Waals surface area contributed by atoms with Crippen molar-refractivity contribution in [3.63, 3.8) is 0 Å². The first-order valence-corrected chi connectivity index (χ1v) is 11.7. The molecule has 0 aliphatic carbocycles. The molecule has 0 radical (unpaired) electrons. The Morgan fingerprint density at radius 2 is 1.62 bits per heavy atom. The Balaban J connectivity index is 3.30. The van der Waals surface area contributed by atoms with Crippen LogP contribution in [0.25, 0.3) is 0 Å². The molecule has 0 bridgehead atoms. The summed E-state index contributed by atoms with van der Waals surface area (Å²) in [6.07, 6.45) is -0.236. The van der Waals surface area contributed by atoms with Gasteiger partial charge in [0.25, 0.3) is 0 Å². The van der Waals surface area contributed by atoms with Crippen LogP contribution >= 0.6 is 7.60 Å². The van der Waals surface area contributed by atoms with E-state index in [2.05, 4.69) is 0 Å². The third-order valence-corrected chi connectivity index (χ3v) is 8.53. The summed E-state index contributed by atoms with van der Waals surface area (Å²) in [4.78, 5) is 11.3. The molecule has 8 nitrogen and oxygen atoms in total. The van der Waals surface area contributed by atoms with Crippen molar-refractivity contribution < 1.29 is 27.0 Å². The maximum Gasteiger partial charge on any atom is 0.406 e. The molecule has 0 N–H and O–H groups in total. The first-order chi connectivity index (χ1) is 12.2. The quantitative estimate of drug-likeness (QED) is 0.293. The highest BCUT2D eigenvalue weighted by Gasteiger charge is 2.61. The topological polar surface area (TPSA) is 113 Å². The van der Waals surface area contributed by atoms with E-state index in [0.29, 0.717) is 6.42 Å². The van der Waals surface area contributed by atoms with Crippen LogP contribution in [0.4, 0.5) is 0 Å². The minimum atomic E-state index is -4.17. The molecule has 10 heteroatoms. The third-order valence-electron chi connectivity index (χ3n) is 3.97. The monoisotopic (exact) mass is 407 g/mol. The van der Waals surface area contributed by atoms with E-state index in [9.17, 15) is 23.1 Å². The molecule has 0 saturated heterocycles. The minimum Gasteiger partial charge on any atom is -0.304 e. The van der Waals surface area contributed by atoms with Crippen molar-refractivity contribution >= 4 is 17.4 Å². The lowest BCUT2D eigenvalue weighted by atomic mass is 10.1. The van der Waals surface area contributed by atoms with Gasteiger partial charge in [-0.3, -0.25) is 14.7 Å². The number of hydrogen-bond donors (Lipinski definition) is 0. The van der Waals surface area contributed by atoms with Crippen LogP contribution in [0.1, 0.15) is 40.0 Å². The minimum absolute atomic E-state index is 0.0397. The second-order valence-electron chi connectivity index (χ2n) is 5.70. The number of benzene rings is 1. The Morgan fingerprint density at radius 1 is 1.08 bits per heavy atom. The first-order valence-electron chi connectivity index (χ1n) is 8.50. The highest BCUT2D eigenvalue weighted by molar-refractivity contribution is 7.91. The number of rotatable bonds is 12. The van der Waals surface area contributed by atoms with Crippen LogP contribution < -0.4 is 0 Å². The van der Waals surface area contributed by atoms with Gasteiger partial charge in [0, 0.05) is 17.8 Å². The van der Waals surface area contributed by atoms with Gasteiger partial charge in [0.05, 0.1) is 23.9 Å². The summed E-state index contributed by atoms with van der Waals surface area (Å²) >= 11 is 0. The lowest BCUT2D eigenvalue weighted by Crippen LogP contribution is -2.41. The van der Waals surface area contributed by atoms with E-state index in [0.717, 1.165) is 0 Å². The summed E-state index contributed by atoms with van der Waals surface area (Å²) in [5, 5.41) is 9.84. The fourth-order valence-corrected chi connectivity index (χ4v) is 6.63. The van der Waals surface area contributed by atoms with Crippen LogP contribution in [-0.2, 0) is 23.4 Å². The molecule has 1 aromatic rings. The lowest BCUT2D eigenvalue weighted by molar-refractivity contribution is -0.546. The van der Waals surface area contributed by atoms with Gasteiger partial charge in [0.15, 0.2) is 9.84 Å². The molecule has 1 aromatic carbocycles. The zero-order chi connectivity index (χ0) is 19.8. The van der Waals surface area contributed by atoms with Gasteiger partial charge in [-0.15, -0.1) is 0 Å². The standard InChI is InChI=1S/C16H26NO7PS/c1-4-12-16(17(18)19,25(20,23-5-2)24-6-3)13-14-26(21,22)15-10-8-7-9-11-15/h7-11H,4-6,12-14H2,1-3H3/t16-/m1/s1. The predicted molar refractivity (Wildman–Crippen MR) is 98.6 cm³/mol. The van der Waals surface area contributed by atoms with Crippen molar-refractivity contribution in [2.24, 2.45) is 0 Å². The number of nitrogens with zero attached hydrogens (tertiary/aromatic N) is 1. The van der Waals surface area contributed by atoms with E-state index in [-0.39, 0.29) is 24.5 Å². The highest BCUT2D eigenvalue weighted by atomic mass is 32.2. The van der Waals surface area contributed by atoms with Gasteiger partial charge < -0.3 is 9.05 Å². The van der Waals surface area contributed by atoms with Gasteiger partial charge >= 0.3 is 12.9 Å². The Labute approximate surface area is 154 Å². The van der Waals surface area contributed by atoms with Gasteiger partial charge in [-0.05, 0) is 32.4 Å². The zero-order valence-electron chi connectivity index (χ0n) is 15.3. The smallest absolute Gasteiger partial charge is 0.304 e. The molecule has 0 spiro atoms. The molecular weight excluding hydrogens is 381 g/mol. The van der Waals surface area contributed by atoms with Crippen molar-refractivity contribution in [1.29, 1.82) is 0 Å². The summed E-state index contributed by atoms with van der Waals surface area (Å²) in [7, 11) is -7.95. The third kappa shape index (κ3) is 4.91. The predicted octanol–water partition coefficient (Wildman–Crippen LogP) is 3.89. The molecule has 0 heterocycles. The molecule has 0 aliphatic heterocycles. The second-order valence-corrected chi connectivity index (χ2v) is 10.2. The van der Waals surface area contributed by atoms with Gasteiger partial charge in [-0.2, -0.15) is 0 Å². The van der Waals surface area contributed by atoms with Crippen molar-refractivity contribution in [1.82, 2.24) is 0 Å². The van der Waals surface area contributed by atoms with Crippen LogP contribution in [0.5, 0.6) is 0 Å². The molecule has 0 amide bonds. The number of hydrogen-bond acceptors (Lipinski definition) is 7. The zero-order valence-corrected chi connectivity index (χ0v) is 17.0. The van der Waals surface area contributed by atoms with Gasteiger partial charge in [-0.1, -0.05) is 25.1 Å². The molecule has 0 aromatic heterocycles. The van der Waals surface area contributed by atoms with Gasteiger partial charge in [0.2, 0.25) is 0 Å². The van der Waals surface area contributed by atoms with Crippen LogP contribution in [-0.4, -0.2) is 37.6 Å². The number of sulfone groups is 1. The SMILES string of the molecule is CCC[C@@](CCS(=O)(=O)c1ccccc1)([N+](=O)[O-])P(=O)(OCC)OCC. The van der Waals surface area contributed by atoms with Crippen LogP contribution in [0.15, 0.2) is 35.2 Å². The molecule has 1 atom stereocenters. The molecule has 26 heavy (non-hydrogen) atoms. The summed E-state index contributed by atoms with van der Waals surface area (Å²) in [5.41, 5.74) is 0. The van der Waals surface area contributed by atoms with E-state index in [1.165, 1.54) is 12.1 Å². The summed E-state index contributed by atoms with van der Waals surface area (Å²) in [6.45, 7) is 4.74. The van der Waals surface area contributed by atoms with E-state index >= 15 is 0 Å². The van der Waals surface area contributed by atoms with E-state index in [1.807, 2.05) is 0 Å². The van der Waals surface area contributed by atoms with Crippen molar-refractivity contribution in [2.45, 2.75) is 50.2 Å². The maximum atomic E-state index is 13.2. The molecule has 0 fully saturated rings. The normalized spacial score (nSPS) is 14.7. The largest absolute Gasteiger partial charge is 0.406 e. The van der Waals surface area contributed by atoms with Gasteiger partial charge in [0.1, 0.15) is 0 Å². The second kappa shape index (κ2) is 9.60. The molecule has 0 aliphatic rings. The maximum absolute atomic E-state index is 13.2. The first kappa shape index (κ1) is 22.8. The van der Waals surface area contributed by atoms with Crippen LogP contribution in [0.2, 0.25) is 0 Å². The van der Waals surface area contributed by atoms with Gasteiger partial charge in [-0.25, -0.2) is 8.42 Å². The molecule has 1 rings (SSSR count). The van der Waals surface area contributed by atoms with Crippen molar-refractivity contribution in [2.75, 3.05) is 19.0 Å². The van der Waals surface area contributed by atoms with Crippen molar-refractivity contribution in [3.05, 3.63) is 40.4 Å². The van der Waals surface area contributed by atoms with E-state index < -0.39 is 39.8 Å². The Hall–Kier alpha value is -1.28. The van der Waals surface area contributed by atoms with Crippen molar-refractivity contribution in [3.8, 4) is 0 Å². The summed E-state index contributed by atoms with van der Waals surface area (Å²) in [5.74, 6) is -0.526. The van der Waals surface area contributed by atoms with E-state index in [1.54, 1.807) is 39.0 Å². The fourth-order valence-electron chi connectivity index (χ4n) is 2.74. The Morgan fingerprint density at radius 3 is 2.04 bits per heavy atom.